The first-order valence-electron chi connectivity index (χ1n) is 18.7. The first kappa shape index (κ1) is 30.1. The van der Waals surface area contributed by atoms with Crippen LogP contribution in [0, 0.1) is 0 Å². The molecule has 256 valence electrons. The fraction of sp³-hybridized carbons (Fsp3) is 0. The van der Waals surface area contributed by atoms with Crippen molar-refractivity contribution < 1.29 is 13.3 Å². The minimum Gasteiger partial charge on any atom is -0.456 e. The molecule has 0 aliphatic rings. The summed E-state index contributed by atoms with van der Waals surface area (Å²) in [6.45, 7) is 0. The lowest BCUT2D eigenvalue weighted by atomic mass is 9.85. The standard InChI is InChI=1S/C52H30O3/c1-3-14-31(15-4-1)47-39-23-13-24-40(52(39)55-51(47)32-16-5-2-6-17-32)48-36-20-9-7-18-34(36)46(35-19-8-10-21-37(35)48)33-26-27-43-41(30-33)50-45(54-43)29-28-44-49(50)38-22-11-12-25-42(38)53-44/h1-30H. The summed E-state index contributed by atoms with van der Waals surface area (Å²) in [6, 6.07) is 64.1. The summed E-state index contributed by atoms with van der Waals surface area (Å²) in [5, 5.41) is 10.1. The van der Waals surface area contributed by atoms with Crippen LogP contribution in [0.3, 0.4) is 0 Å². The molecule has 9 aromatic carbocycles. The number of benzene rings is 9. The van der Waals surface area contributed by atoms with Crippen molar-refractivity contribution >= 4 is 76.4 Å². The van der Waals surface area contributed by atoms with E-state index in [9.17, 15) is 0 Å². The third-order valence-corrected chi connectivity index (χ3v) is 11.3. The van der Waals surface area contributed by atoms with Crippen molar-refractivity contribution in [3.8, 4) is 44.7 Å². The van der Waals surface area contributed by atoms with E-state index in [0.717, 1.165) is 94.0 Å². The van der Waals surface area contributed by atoms with Crippen molar-refractivity contribution in [1.82, 2.24) is 0 Å². The van der Waals surface area contributed by atoms with Crippen LogP contribution < -0.4 is 0 Å². The highest BCUT2D eigenvalue weighted by molar-refractivity contribution is 6.28. The predicted molar refractivity (Wildman–Crippen MR) is 228 cm³/mol. The van der Waals surface area contributed by atoms with Crippen LogP contribution in [0.4, 0.5) is 0 Å². The molecule has 0 fully saturated rings. The topological polar surface area (TPSA) is 39.4 Å². The van der Waals surface area contributed by atoms with E-state index < -0.39 is 0 Å². The lowest BCUT2D eigenvalue weighted by Crippen LogP contribution is -1.91. The molecule has 0 spiro atoms. The molecule has 0 amide bonds. The van der Waals surface area contributed by atoms with Crippen molar-refractivity contribution in [1.29, 1.82) is 0 Å². The van der Waals surface area contributed by atoms with Gasteiger partial charge in [-0.15, -0.1) is 0 Å². The van der Waals surface area contributed by atoms with E-state index in [4.69, 9.17) is 13.3 Å². The summed E-state index contributed by atoms with van der Waals surface area (Å²) in [6.07, 6.45) is 0. The molecule has 3 nitrogen and oxygen atoms in total. The van der Waals surface area contributed by atoms with E-state index in [1.807, 2.05) is 30.3 Å². The van der Waals surface area contributed by atoms with Crippen molar-refractivity contribution in [2.45, 2.75) is 0 Å². The maximum Gasteiger partial charge on any atom is 0.143 e. The Morgan fingerprint density at radius 2 is 0.782 bits per heavy atom. The van der Waals surface area contributed by atoms with Gasteiger partial charge in [-0.05, 0) is 68.6 Å². The van der Waals surface area contributed by atoms with Crippen molar-refractivity contribution in [3.63, 3.8) is 0 Å². The summed E-state index contributed by atoms with van der Waals surface area (Å²) in [5.41, 5.74) is 12.2. The normalized spacial score (nSPS) is 12.0. The largest absolute Gasteiger partial charge is 0.456 e. The number of furan rings is 3. The second kappa shape index (κ2) is 11.6. The van der Waals surface area contributed by atoms with Crippen LogP contribution in [0.1, 0.15) is 0 Å². The van der Waals surface area contributed by atoms with Gasteiger partial charge in [-0.3, -0.25) is 0 Å². The number of rotatable bonds is 4. The molecule has 0 saturated heterocycles. The van der Waals surface area contributed by atoms with Gasteiger partial charge < -0.3 is 13.3 Å². The molecular formula is C52H30O3. The molecule has 0 aliphatic heterocycles. The van der Waals surface area contributed by atoms with Crippen LogP contribution in [0.2, 0.25) is 0 Å². The summed E-state index contributed by atoms with van der Waals surface area (Å²) < 4.78 is 19.8. The van der Waals surface area contributed by atoms with Gasteiger partial charge in [0.2, 0.25) is 0 Å². The number of fused-ring (bicyclic) bond motifs is 10. The first-order chi connectivity index (χ1) is 27.3. The van der Waals surface area contributed by atoms with Crippen molar-refractivity contribution in [2.24, 2.45) is 0 Å². The fourth-order valence-electron chi connectivity index (χ4n) is 8.97. The summed E-state index contributed by atoms with van der Waals surface area (Å²) in [7, 11) is 0. The van der Waals surface area contributed by atoms with Gasteiger partial charge in [0, 0.05) is 49.2 Å². The smallest absolute Gasteiger partial charge is 0.143 e. The molecule has 0 N–H and O–H groups in total. The Balaban J connectivity index is 1.16. The summed E-state index contributed by atoms with van der Waals surface area (Å²) in [4.78, 5) is 0. The first-order valence-corrected chi connectivity index (χ1v) is 18.7. The van der Waals surface area contributed by atoms with E-state index in [-0.39, 0.29) is 0 Å². The summed E-state index contributed by atoms with van der Waals surface area (Å²) in [5.74, 6) is 0.875. The zero-order chi connectivity index (χ0) is 36.0. The number of hydrogen-bond acceptors (Lipinski definition) is 3. The second-order valence-electron chi connectivity index (χ2n) is 14.3. The van der Waals surface area contributed by atoms with Crippen molar-refractivity contribution in [3.05, 3.63) is 182 Å². The third kappa shape index (κ3) is 4.38. The van der Waals surface area contributed by atoms with Crippen LogP contribution in [0.25, 0.3) is 121 Å². The molecular weight excluding hydrogens is 673 g/mol. The molecule has 3 heterocycles. The van der Waals surface area contributed by atoms with E-state index in [1.54, 1.807) is 0 Å². The average Bonchev–Trinajstić information content (AvgIpc) is 3.94. The van der Waals surface area contributed by atoms with Gasteiger partial charge in [-0.2, -0.15) is 0 Å². The Morgan fingerprint density at radius 1 is 0.273 bits per heavy atom. The van der Waals surface area contributed by atoms with Gasteiger partial charge in [-0.25, -0.2) is 0 Å². The highest BCUT2D eigenvalue weighted by Crippen LogP contribution is 2.50. The average molecular weight is 703 g/mol. The number of hydrogen-bond donors (Lipinski definition) is 0. The zero-order valence-electron chi connectivity index (χ0n) is 29.5. The molecule has 0 saturated carbocycles. The lowest BCUT2D eigenvalue weighted by molar-refractivity contribution is 0.633. The molecule has 12 rings (SSSR count). The number of para-hydroxylation sites is 2. The molecule has 0 unspecified atom stereocenters. The molecule has 0 bridgehead atoms. The Hall–Kier alpha value is -7.36. The maximum atomic E-state index is 7.06. The van der Waals surface area contributed by atoms with Gasteiger partial charge in [-0.1, -0.05) is 152 Å². The molecule has 12 aromatic rings. The third-order valence-electron chi connectivity index (χ3n) is 11.3. The molecule has 55 heavy (non-hydrogen) atoms. The lowest BCUT2D eigenvalue weighted by Gasteiger charge is -2.18. The monoisotopic (exact) mass is 702 g/mol. The van der Waals surface area contributed by atoms with Crippen LogP contribution in [-0.4, -0.2) is 0 Å². The van der Waals surface area contributed by atoms with Crippen molar-refractivity contribution in [2.75, 3.05) is 0 Å². The van der Waals surface area contributed by atoms with Gasteiger partial charge in [0.1, 0.15) is 33.7 Å². The van der Waals surface area contributed by atoms with Gasteiger partial charge in [0.05, 0.1) is 0 Å². The van der Waals surface area contributed by atoms with E-state index >= 15 is 0 Å². The highest BCUT2D eigenvalue weighted by atomic mass is 16.3. The molecule has 0 radical (unpaired) electrons. The minimum absolute atomic E-state index is 0.854. The Morgan fingerprint density at radius 3 is 1.45 bits per heavy atom. The van der Waals surface area contributed by atoms with E-state index in [2.05, 4.69) is 152 Å². The predicted octanol–water partition coefficient (Wildman–Crippen LogP) is 15.2. The maximum absolute atomic E-state index is 7.06. The second-order valence-corrected chi connectivity index (χ2v) is 14.3. The SMILES string of the molecule is c1ccc(-c2oc3c(-c4c5ccccc5c(-c5ccc6oc7ccc8oc9ccccc9c8c7c6c5)c5ccccc45)cccc3c2-c2ccccc2)cc1. The molecule has 3 heteroatoms. The highest BCUT2D eigenvalue weighted by Gasteiger charge is 2.24. The quantitative estimate of drug-likeness (QED) is 0.171. The van der Waals surface area contributed by atoms with Crippen LogP contribution >= 0.6 is 0 Å². The Bertz CT molecular complexity index is 3420. The Labute approximate surface area is 315 Å². The molecule has 3 aromatic heterocycles. The zero-order valence-corrected chi connectivity index (χ0v) is 29.5. The van der Waals surface area contributed by atoms with E-state index in [0.29, 0.717) is 0 Å². The summed E-state index contributed by atoms with van der Waals surface area (Å²) >= 11 is 0. The van der Waals surface area contributed by atoms with Gasteiger partial charge in [0.25, 0.3) is 0 Å². The van der Waals surface area contributed by atoms with Crippen LogP contribution in [0.15, 0.2) is 195 Å². The fourth-order valence-corrected chi connectivity index (χ4v) is 8.97. The Kier molecular flexibility index (Phi) is 6.34. The molecule has 0 atom stereocenters. The van der Waals surface area contributed by atoms with Gasteiger partial charge >= 0.3 is 0 Å². The molecule has 0 aliphatic carbocycles. The van der Waals surface area contributed by atoms with E-state index in [1.165, 1.54) is 27.1 Å². The minimum atomic E-state index is 0.854. The van der Waals surface area contributed by atoms with Crippen LogP contribution in [0.5, 0.6) is 0 Å². The van der Waals surface area contributed by atoms with Gasteiger partial charge in [0.15, 0.2) is 0 Å². The van der Waals surface area contributed by atoms with Crippen LogP contribution in [-0.2, 0) is 0 Å².